The summed E-state index contributed by atoms with van der Waals surface area (Å²) in [7, 11) is -0.128. The topological polar surface area (TPSA) is 27.7 Å². The third kappa shape index (κ3) is 8.06. The summed E-state index contributed by atoms with van der Waals surface area (Å²) in [5.74, 6) is 0.248. The zero-order valence-corrected chi connectivity index (χ0v) is 20.1. The Morgan fingerprint density at radius 3 is 2.41 bits per heavy atom. The van der Waals surface area contributed by atoms with Crippen LogP contribution in [0.5, 0.6) is 0 Å². The van der Waals surface area contributed by atoms with Crippen LogP contribution in [-0.2, 0) is 13.9 Å². The van der Waals surface area contributed by atoms with Crippen LogP contribution in [0.4, 0.5) is 0 Å². The summed E-state index contributed by atoms with van der Waals surface area (Å²) < 4.78 is 18.6. The third-order valence-electron chi connectivity index (χ3n) is 5.81. The molecule has 1 aliphatic rings. The Morgan fingerprint density at radius 1 is 1.15 bits per heavy atom. The predicted octanol–water partition coefficient (Wildman–Crippen LogP) is 6.29. The van der Waals surface area contributed by atoms with E-state index < -0.39 is 8.32 Å². The molecule has 0 aromatic carbocycles. The van der Waals surface area contributed by atoms with E-state index in [-0.39, 0.29) is 23.2 Å². The van der Waals surface area contributed by atoms with Crippen LogP contribution in [0.3, 0.4) is 0 Å². The van der Waals surface area contributed by atoms with Crippen LogP contribution < -0.4 is 0 Å². The fraction of sp³-hybridized carbons (Fsp3) is 0.739. The van der Waals surface area contributed by atoms with Crippen molar-refractivity contribution in [3.63, 3.8) is 0 Å². The van der Waals surface area contributed by atoms with Gasteiger partial charge in [-0.05, 0) is 44.8 Å². The van der Waals surface area contributed by atoms with Gasteiger partial charge in [-0.2, -0.15) is 0 Å². The van der Waals surface area contributed by atoms with E-state index >= 15 is 0 Å². The number of ether oxygens (including phenoxy) is 2. The zero-order valence-electron chi connectivity index (χ0n) is 19.1. The lowest BCUT2D eigenvalue weighted by molar-refractivity contribution is 0.00552. The van der Waals surface area contributed by atoms with Gasteiger partial charge in [-0.1, -0.05) is 63.1 Å². The van der Waals surface area contributed by atoms with Gasteiger partial charge in [-0.25, -0.2) is 0 Å². The summed E-state index contributed by atoms with van der Waals surface area (Å²) in [6.45, 7) is 19.4. The van der Waals surface area contributed by atoms with E-state index in [4.69, 9.17) is 13.9 Å². The summed E-state index contributed by atoms with van der Waals surface area (Å²) >= 11 is 0. The first-order valence-electron chi connectivity index (χ1n) is 10.3. The van der Waals surface area contributed by atoms with Crippen LogP contribution in [0.2, 0.25) is 18.1 Å². The third-order valence-corrected chi connectivity index (χ3v) is 10.3. The minimum atomic E-state index is -1.92. The van der Waals surface area contributed by atoms with Crippen LogP contribution in [-0.4, -0.2) is 40.8 Å². The zero-order chi connectivity index (χ0) is 20.7. The van der Waals surface area contributed by atoms with Gasteiger partial charge in [0.2, 0.25) is 0 Å². The predicted molar refractivity (Wildman–Crippen MR) is 119 cm³/mol. The number of hydrogen-bond acceptors (Lipinski definition) is 3. The fourth-order valence-corrected chi connectivity index (χ4v) is 4.35. The molecule has 0 spiro atoms. The lowest BCUT2D eigenvalue weighted by Gasteiger charge is -2.42. The molecule has 3 atom stereocenters. The van der Waals surface area contributed by atoms with Gasteiger partial charge in [0.05, 0.1) is 19.3 Å². The molecular formula is C23H42O3Si. The van der Waals surface area contributed by atoms with Crippen LogP contribution in [0, 0.1) is 5.92 Å². The van der Waals surface area contributed by atoms with E-state index in [0.717, 1.165) is 12.8 Å². The largest absolute Gasteiger partial charge is 0.410 e. The summed E-state index contributed by atoms with van der Waals surface area (Å²) in [6.07, 6.45) is 10.9. The van der Waals surface area contributed by atoms with Crippen molar-refractivity contribution in [1.29, 1.82) is 0 Å². The summed E-state index contributed by atoms with van der Waals surface area (Å²) in [5, 5.41) is 0.164. The smallest absolute Gasteiger partial charge is 0.192 e. The monoisotopic (exact) mass is 394 g/mol. The second-order valence-corrected chi connectivity index (χ2v) is 14.2. The molecule has 0 unspecified atom stereocenters. The molecule has 4 heteroatoms. The van der Waals surface area contributed by atoms with Gasteiger partial charge in [-0.15, -0.1) is 0 Å². The Kier molecular flexibility index (Phi) is 9.70. The van der Waals surface area contributed by atoms with Crippen molar-refractivity contribution >= 4 is 8.32 Å². The first-order valence-corrected chi connectivity index (χ1v) is 13.2. The van der Waals surface area contributed by atoms with Gasteiger partial charge >= 0.3 is 0 Å². The molecule has 27 heavy (non-hydrogen) atoms. The Labute approximate surface area is 169 Å². The van der Waals surface area contributed by atoms with E-state index in [2.05, 4.69) is 78.9 Å². The Hall–Kier alpha value is -0.683. The molecule has 3 nitrogen and oxygen atoms in total. The lowest BCUT2D eigenvalue weighted by atomic mass is 9.96. The highest BCUT2D eigenvalue weighted by Crippen LogP contribution is 2.39. The molecule has 0 N–H and O–H groups in total. The molecule has 0 amide bonds. The quantitative estimate of drug-likeness (QED) is 0.416. The molecule has 0 fully saturated rings. The second-order valence-electron chi connectivity index (χ2n) is 9.45. The molecule has 1 aliphatic heterocycles. The van der Waals surface area contributed by atoms with Crippen LogP contribution in [0.1, 0.15) is 54.4 Å². The molecule has 0 radical (unpaired) electrons. The number of methoxy groups -OCH3 is 1. The molecule has 0 saturated carbocycles. The molecule has 0 aromatic heterocycles. The minimum absolute atomic E-state index is 0.00155. The Balaban J connectivity index is 3.18. The molecule has 0 aromatic rings. The number of allylic oxidation sites excluding steroid dienone is 2. The van der Waals surface area contributed by atoms with Gasteiger partial charge < -0.3 is 13.9 Å². The number of hydrogen-bond donors (Lipinski definition) is 0. The normalized spacial score (nSPS) is 26.9. The average Bonchev–Trinajstić information content (AvgIpc) is 2.55. The molecule has 0 bridgehead atoms. The van der Waals surface area contributed by atoms with Crippen molar-refractivity contribution in [3.05, 3.63) is 35.5 Å². The van der Waals surface area contributed by atoms with Crippen molar-refractivity contribution in [2.24, 2.45) is 5.92 Å². The van der Waals surface area contributed by atoms with Crippen molar-refractivity contribution in [2.75, 3.05) is 20.3 Å². The van der Waals surface area contributed by atoms with Crippen LogP contribution in [0.25, 0.3) is 0 Å². The fourth-order valence-electron chi connectivity index (χ4n) is 2.97. The van der Waals surface area contributed by atoms with Crippen molar-refractivity contribution in [3.8, 4) is 0 Å². The Bertz CT molecular complexity index is 540. The molecule has 1 rings (SSSR count). The van der Waals surface area contributed by atoms with E-state index in [1.54, 1.807) is 7.11 Å². The van der Waals surface area contributed by atoms with Gasteiger partial charge in [-0.3, -0.25) is 0 Å². The SMILES string of the molecule is CO[C@H]1C=CCCC(C)=CCOCC(C)=C[C@@H](C)[C@@H]1O[Si](C)(C)C(C)(C)C. The molecule has 1 heterocycles. The minimum Gasteiger partial charge on any atom is -0.410 e. The van der Waals surface area contributed by atoms with Gasteiger partial charge in [0.25, 0.3) is 0 Å². The van der Waals surface area contributed by atoms with Crippen molar-refractivity contribution in [1.82, 2.24) is 0 Å². The van der Waals surface area contributed by atoms with Crippen molar-refractivity contribution < 1.29 is 13.9 Å². The van der Waals surface area contributed by atoms with Crippen molar-refractivity contribution in [2.45, 2.75) is 84.7 Å². The molecule has 0 saturated heterocycles. The first-order chi connectivity index (χ1) is 12.5. The first kappa shape index (κ1) is 24.4. The average molecular weight is 395 g/mol. The van der Waals surface area contributed by atoms with Crippen LogP contribution in [0.15, 0.2) is 35.5 Å². The van der Waals surface area contributed by atoms with E-state index in [1.165, 1.54) is 11.1 Å². The molecule has 0 aliphatic carbocycles. The highest BCUT2D eigenvalue weighted by molar-refractivity contribution is 6.74. The maximum Gasteiger partial charge on any atom is 0.192 e. The number of rotatable bonds is 3. The maximum atomic E-state index is 6.85. The van der Waals surface area contributed by atoms with Gasteiger partial charge in [0, 0.05) is 13.0 Å². The highest BCUT2D eigenvalue weighted by atomic mass is 28.4. The van der Waals surface area contributed by atoms with Gasteiger partial charge in [0.15, 0.2) is 8.32 Å². The van der Waals surface area contributed by atoms with E-state index in [0.29, 0.717) is 13.2 Å². The second kappa shape index (κ2) is 10.8. The molecular weight excluding hydrogens is 352 g/mol. The van der Waals surface area contributed by atoms with E-state index in [1.807, 2.05) is 0 Å². The highest BCUT2D eigenvalue weighted by Gasteiger charge is 2.41. The van der Waals surface area contributed by atoms with Crippen LogP contribution >= 0.6 is 0 Å². The summed E-state index contributed by atoms with van der Waals surface area (Å²) in [6, 6.07) is 0. The summed E-state index contributed by atoms with van der Waals surface area (Å²) in [5.41, 5.74) is 2.61. The Morgan fingerprint density at radius 2 is 1.81 bits per heavy atom. The standard InChI is InChI=1S/C23H42O3Si/c1-18-12-10-11-13-21(24-7)22(26-27(8,9)23(4,5)6)20(3)16-19(2)17-25-15-14-18/h11,13-14,16,20-22H,10,12,15,17H2,1-9H3/t20-,21+,22+/m1/s1. The molecule has 156 valence electrons. The van der Waals surface area contributed by atoms with Gasteiger partial charge in [0.1, 0.15) is 6.10 Å². The lowest BCUT2D eigenvalue weighted by Crippen LogP contribution is -2.49. The maximum absolute atomic E-state index is 6.85. The summed E-state index contributed by atoms with van der Waals surface area (Å²) in [4.78, 5) is 0. The van der Waals surface area contributed by atoms with E-state index in [9.17, 15) is 0 Å².